The van der Waals surface area contributed by atoms with Crippen LogP contribution >= 0.6 is 11.5 Å². The number of ether oxygens (including phenoxy) is 1. The van der Waals surface area contributed by atoms with Crippen molar-refractivity contribution < 1.29 is 4.74 Å². The molecule has 0 spiro atoms. The Hall–Kier alpha value is -1.54. The van der Waals surface area contributed by atoms with Gasteiger partial charge in [0, 0.05) is 31.1 Å². The van der Waals surface area contributed by atoms with Crippen LogP contribution in [0.25, 0.3) is 0 Å². The van der Waals surface area contributed by atoms with Crippen LogP contribution in [0.15, 0.2) is 0 Å². The van der Waals surface area contributed by atoms with Crippen molar-refractivity contribution in [2.75, 3.05) is 12.4 Å². The maximum absolute atomic E-state index is 5.12. The van der Waals surface area contributed by atoms with Crippen molar-refractivity contribution in [1.82, 2.24) is 24.1 Å². The summed E-state index contributed by atoms with van der Waals surface area (Å²) < 4.78 is 11.5. The van der Waals surface area contributed by atoms with E-state index in [9.17, 15) is 0 Å². The van der Waals surface area contributed by atoms with Gasteiger partial charge in [0.2, 0.25) is 5.13 Å². The summed E-state index contributed by atoms with van der Waals surface area (Å²) in [6, 6.07) is 0.164. The van der Waals surface area contributed by atoms with Crippen LogP contribution in [0.1, 0.15) is 55.1 Å². The van der Waals surface area contributed by atoms with Crippen molar-refractivity contribution in [3.05, 3.63) is 17.5 Å². The van der Waals surface area contributed by atoms with E-state index in [2.05, 4.69) is 24.8 Å². The molecule has 1 aliphatic heterocycles. The van der Waals surface area contributed by atoms with Crippen LogP contribution in [0, 0.1) is 0 Å². The summed E-state index contributed by atoms with van der Waals surface area (Å²) in [7, 11) is 1.66. The standard InChI is InChI=1S/C13H18N6OS/c1-20-7-10-15-12-9(3-2-6-19(12)17-10)14-13-16-11(18-21-13)8-4-5-8/h8-9H,2-7H2,1H3,(H,14,16,18)/t9-/m1/s1. The lowest BCUT2D eigenvalue weighted by Gasteiger charge is -2.22. The Morgan fingerprint density at radius 2 is 2.24 bits per heavy atom. The van der Waals surface area contributed by atoms with Crippen LogP contribution in [-0.2, 0) is 17.9 Å². The van der Waals surface area contributed by atoms with Gasteiger partial charge in [-0.1, -0.05) is 0 Å². The first-order valence-electron chi connectivity index (χ1n) is 7.36. The molecule has 21 heavy (non-hydrogen) atoms. The molecule has 0 amide bonds. The summed E-state index contributed by atoms with van der Waals surface area (Å²) in [5.74, 6) is 3.33. The molecule has 0 unspecified atom stereocenters. The van der Waals surface area contributed by atoms with Crippen LogP contribution in [0.4, 0.5) is 5.13 Å². The quantitative estimate of drug-likeness (QED) is 0.911. The van der Waals surface area contributed by atoms with Crippen LogP contribution in [0.3, 0.4) is 0 Å². The van der Waals surface area contributed by atoms with Gasteiger partial charge in [0.25, 0.3) is 0 Å². The van der Waals surface area contributed by atoms with E-state index in [1.54, 1.807) is 7.11 Å². The molecule has 0 saturated heterocycles. The number of hydrogen-bond acceptors (Lipinski definition) is 7. The lowest BCUT2D eigenvalue weighted by atomic mass is 10.1. The van der Waals surface area contributed by atoms with E-state index < -0.39 is 0 Å². The monoisotopic (exact) mass is 306 g/mol. The van der Waals surface area contributed by atoms with Crippen LogP contribution in [0.5, 0.6) is 0 Å². The lowest BCUT2D eigenvalue weighted by Crippen LogP contribution is -2.22. The highest BCUT2D eigenvalue weighted by atomic mass is 32.1. The van der Waals surface area contributed by atoms with Crippen LogP contribution in [0.2, 0.25) is 0 Å². The number of aryl methyl sites for hydroxylation is 1. The highest BCUT2D eigenvalue weighted by Crippen LogP contribution is 2.39. The van der Waals surface area contributed by atoms with Crippen molar-refractivity contribution in [2.45, 2.75) is 50.8 Å². The summed E-state index contributed by atoms with van der Waals surface area (Å²) in [5, 5.41) is 8.86. The Morgan fingerprint density at radius 1 is 1.33 bits per heavy atom. The summed E-state index contributed by atoms with van der Waals surface area (Å²) >= 11 is 1.45. The van der Waals surface area contributed by atoms with E-state index in [1.807, 2.05) is 4.68 Å². The zero-order valence-electron chi connectivity index (χ0n) is 11.9. The fourth-order valence-electron chi connectivity index (χ4n) is 2.68. The number of anilines is 1. The second-order valence-corrected chi connectivity index (χ2v) is 6.37. The Bertz CT molecular complexity index is 634. The average Bonchev–Trinajstić information content (AvgIpc) is 3.08. The van der Waals surface area contributed by atoms with Crippen molar-refractivity contribution in [1.29, 1.82) is 0 Å². The molecule has 1 fully saturated rings. The lowest BCUT2D eigenvalue weighted by molar-refractivity contribution is 0.177. The molecule has 2 aromatic rings. The molecule has 4 rings (SSSR count). The van der Waals surface area contributed by atoms with Gasteiger partial charge >= 0.3 is 0 Å². The van der Waals surface area contributed by atoms with E-state index in [0.29, 0.717) is 12.5 Å². The van der Waals surface area contributed by atoms with Crippen molar-refractivity contribution in [3.8, 4) is 0 Å². The number of fused-ring (bicyclic) bond motifs is 1. The molecule has 1 aliphatic carbocycles. The van der Waals surface area contributed by atoms with Gasteiger partial charge in [-0.05, 0) is 25.7 Å². The fraction of sp³-hybridized carbons (Fsp3) is 0.692. The van der Waals surface area contributed by atoms with E-state index >= 15 is 0 Å². The molecular weight excluding hydrogens is 288 g/mol. The van der Waals surface area contributed by atoms with E-state index in [-0.39, 0.29) is 6.04 Å². The molecule has 0 aromatic carbocycles. The summed E-state index contributed by atoms with van der Waals surface area (Å²) in [4.78, 5) is 9.19. The van der Waals surface area contributed by atoms with Crippen molar-refractivity contribution >= 4 is 16.7 Å². The predicted octanol–water partition coefficient (Wildman–Crippen LogP) is 2.10. The van der Waals surface area contributed by atoms with Crippen LogP contribution in [-0.4, -0.2) is 31.2 Å². The van der Waals surface area contributed by atoms with Crippen LogP contribution < -0.4 is 5.32 Å². The van der Waals surface area contributed by atoms with Crippen molar-refractivity contribution in [3.63, 3.8) is 0 Å². The van der Waals surface area contributed by atoms with Gasteiger partial charge in [-0.3, -0.25) is 0 Å². The molecule has 2 aliphatic rings. The van der Waals surface area contributed by atoms with Gasteiger partial charge < -0.3 is 10.1 Å². The Labute approximate surface area is 126 Å². The SMILES string of the molecule is COCc1nc2n(n1)CCC[C@H]2Nc1nc(C2CC2)ns1. The first-order valence-corrected chi connectivity index (χ1v) is 8.13. The van der Waals surface area contributed by atoms with Gasteiger partial charge in [-0.25, -0.2) is 14.6 Å². The summed E-state index contributed by atoms with van der Waals surface area (Å²) in [6.45, 7) is 1.38. The number of aromatic nitrogens is 5. The Morgan fingerprint density at radius 3 is 3.05 bits per heavy atom. The molecule has 2 aromatic heterocycles. The topological polar surface area (TPSA) is 77.8 Å². The highest BCUT2D eigenvalue weighted by Gasteiger charge is 2.29. The fourth-order valence-corrected chi connectivity index (χ4v) is 3.38. The van der Waals surface area contributed by atoms with Crippen molar-refractivity contribution in [2.24, 2.45) is 0 Å². The molecule has 1 saturated carbocycles. The number of methoxy groups -OCH3 is 1. The highest BCUT2D eigenvalue weighted by molar-refractivity contribution is 7.09. The third kappa shape index (κ3) is 2.65. The van der Waals surface area contributed by atoms with Gasteiger partial charge in [0.15, 0.2) is 5.82 Å². The number of nitrogens with one attached hydrogen (secondary N) is 1. The first-order chi connectivity index (χ1) is 10.3. The Balaban J connectivity index is 1.52. The zero-order chi connectivity index (χ0) is 14.2. The Kier molecular flexibility index (Phi) is 3.34. The minimum atomic E-state index is 0.164. The third-order valence-corrected chi connectivity index (χ3v) is 4.53. The average molecular weight is 306 g/mol. The normalized spacial score (nSPS) is 21.3. The van der Waals surface area contributed by atoms with Gasteiger partial charge in [0.1, 0.15) is 18.3 Å². The second-order valence-electron chi connectivity index (χ2n) is 5.61. The maximum Gasteiger partial charge on any atom is 0.203 e. The first kappa shape index (κ1) is 13.1. The zero-order valence-corrected chi connectivity index (χ0v) is 12.8. The molecule has 3 heterocycles. The largest absolute Gasteiger partial charge is 0.377 e. The minimum absolute atomic E-state index is 0.164. The second kappa shape index (κ2) is 5.34. The van der Waals surface area contributed by atoms with Gasteiger partial charge in [-0.2, -0.15) is 9.47 Å². The number of nitrogens with zero attached hydrogens (tertiary/aromatic N) is 5. The maximum atomic E-state index is 5.12. The number of rotatable bonds is 5. The molecule has 1 N–H and O–H groups in total. The van der Waals surface area contributed by atoms with Gasteiger partial charge in [0.05, 0.1) is 6.04 Å². The molecule has 1 atom stereocenters. The van der Waals surface area contributed by atoms with Gasteiger partial charge in [-0.15, -0.1) is 0 Å². The molecule has 8 heteroatoms. The number of hydrogen-bond donors (Lipinski definition) is 1. The third-order valence-electron chi connectivity index (χ3n) is 3.87. The summed E-state index contributed by atoms with van der Waals surface area (Å²) in [6.07, 6.45) is 4.60. The smallest absolute Gasteiger partial charge is 0.203 e. The molecule has 0 radical (unpaired) electrons. The molecule has 7 nitrogen and oxygen atoms in total. The molecule has 112 valence electrons. The van der Waals surface area contributed by atoms with E-state index in [0.717, 1.165) is 42.0 Å². The molecule has 0 bridgehead atoms. The van der Waals surface area contributed by atoms with E-state index in [1.165, 1.54) is 24.4 Å². The molecular formula is C13H18N6OS. The van der Waals surface area contributed by atoms with E-state index in [4.69, 9.17) is 4.74 Å². The minimum Gasteiger partial charge on any atom is -0.377 e. The predicted molar refractivity (Wildman–Crippen MR) is 78.2 cm³/mol. The summed E-state index contributed by atoms with van der Waals surface area (Å²) in [5.41, 5.74) is 0.